The highest BCUT2D eigenvalue weighted by atomic mass is 32.1. The van der Waals surface area contributed by atoms with E-state index in [9.17, 15) is 14.4 Å². The topological polar surface area (TPSA) is 75.7 Å². The van der Waals surface area contributed by atoms with Crippen LogP contribution in [-0.4, -0.2) is 30.9 Å². The number of esters is 1. The predicted octanol–water partition coefficient (Wildman–Crippen LogP) is 1.82. The fraction of sp³-hybridized carbons (Fsp3) is 0.188. The van der Waals surface area contributed by atoms with Gasteiger partial charge in [-0.15, -0.1) is 11.3 Å². The Morgan fingerprint density at radius 3 is 2.83 bits per heavy atom. The first-order valence-electron chi connectivity index (χ1n) is 7.01. The van der Waals surface area contributed by atoms with Gasteiger partial charge in [-0.3, -0.25) is 19.3 Å². The summed E-state index contributed by atoms with van der Waals surface area (Å²) in [6, 6.07) is 10.7. The maximum atomic E-state index is 12.3. The molecule has 0 saturated heterocycles. The second-order valence-electron chi connectivity index (χ2n) is 4.96. The quantitative estimate of drug-likeness (QED) is 0.868. The molecule has 1 aromatic heterocycles. The van der Waals surface area contributed by atoms with Gasteiger partial charge in [0.25, 0.3) is 5.91 Å². The van der Waals surface area contributed by atoms with E-state index in [1.54, 1.807) is 24.3 Å². The zero-order valence-corrected chi connectivity index (χ0v) is 13.0. The predicted molar refractivity (Wildman–Crippen MR) is 86.4 cm³/mol. The summed E-state index contributed by atoms with van der Waals surface area (Å²) in [5, 5.41) is 4.57. The van der Waals surface area contributed by atoms with Crippen LogP contribution in [0.15, 0.2) is 41.8 Å². The van der Waals surface area contributed by atoms with Crippen molar-refractivity contribution in [2.24, 2.45) is 0 Å². The third kappa shape index (κ3) is 3.57. The molecule has 0 saturated carbocycles. The molecule has 2 heterocycles. The maximum absolute atomic E-state index is 12.3. The SMILES string of the molecule is O=C1CN(C(=O)COC(=O)Cc2cccs2)c2ccccc2N1. The first kappa shape index (κ1) is 15.2. The number of benzene rings is 1. The van der Waals surface area contributed by atoms with Crippen LogP contribution in [0, 0.1) is 0 Å². The van der Waals surface area contributed by atoms with Crippen LogP contribution in [0.25, 0.3) is 0 Å². The van der Waals surface area contributed by atoms with Crippen molar-refractivity contribution < 1.29 is 19.1 Å². The zero-order chi connectivity index (χ0) is 16.2. The standard InChI is InChI=1S/C16H14N2O4S/c19-14-9-18(13-6-2-1-5-12(13)17-14)15(20)10-22-16(21)8-11-4-3-7-23-11/h1-7H,8-10H2,(H,17,19). The summed E-state index contributed by atoms with van der Waals surface area (Å²) in [5.41, 5.74) is 1.17. The number of para-hydroxylation sites is 2. The van der Waals surface area contributed by atoms with Gasteiger partial charge in [-0.25, -0.2) is 0 Å². The molecular weight excluding hydrogens is 316 g/mol. The molecule has 118 valence electrons. The third-order valence-electron chi connectivity index (χ3n) is 3.33. The normalized spacial score (nSPS) is 13.2. The number of thiophene rings is 1. The number of fused-ring (bicyclic) bond motifs is 1. The second kappa shape index (κ2) is 6.62. The Morgan fingerprint density at radius 1 is 1.22 bits per heavy atom. The van der Waals surface area contributed by atoms with Crippen molar-refractivity contribution >= 4 is 40.5 Å². The smallest absolute Gasteiger partial charge is 0.311 e. The molecule has 1 N–H and O–H groups in total. The Morgan fingerprint density at radius 2 is 2.04 bits per heavy atom. The molecule has 0 unspecified atom stereocenters. The van der Waals surface area contributed by atoms with E-state index in [0.29, 0.717) is 11.4 Å². The highest BCUT2D eigenvalue weighted by Crippen LogP contribution is 2.28. The Hall–Kier alpha value is -2.67. The summed E-state index contributed by atoms with van der Waals surface area (Å²) < 4.78 is 5.03. The fourth-order valence-electron chi connectivity index (χ4n) is 2.28. The van der Waals surface area contributed by atoms with Crippen LogP contribution in [-0.2, 0) is 25.5 Å². The molecule has 1 aromatic carbocycles. The number of nitrogens with one attached hydrogen (secondary N) is 1. The number of carbonyl (C=O) groups excluding carboxylic acids is 3. The number of hydrogen-bond donors (Lipinski definition) is 1. The summed E-state index contributed by atoms with van der Waals surface area (Å²) in [5.74, 6) is -1.16. The van der Waals surface area contributed by atoms with E-state index in [0.717, 1.165) is 4.88 Å². The molecule has 0 aliphatic carbocycles. The van der Waals surface area contributed by atoms with E-state index >= 15 is 0 Å². The average Bonchev–Trinajstić information content (AvgIpc) is 3.04. The van der Waals surface area contributed by atoms with Crippen LogP contribution in [0.5, 0.6) is 0 Å². The molecule has 0 atom stereocenters. The molecule has 1 aliphatic rings. The van der Waals surface area contributed by atoms with Gasteiger partial charge in [0, 0.05) is 4.88 Å². The van der Waals surface area contributed by atoms with Crippen LogP contribution in [0.4, 0.5) is 11.4 Å². The first-order valence-corrected chi connectivity index (χ1v) is 7.88. The van der Waals surface area contributed by atoms with E-state index in [1.165, 1.54) is 16.2 Å². The van der Waals surface area contributed by atoms with Crippen LogP contribution in [0.1, 0.15) is 4.88 Å². The Kier molecular flexibility index (Phi) is 4.38. The lowest BCUT2D eigenvalue weighted by Gasteiger charge is -2.28. The molecule has 0 radical (unpaired) electrons. The summed E-state index contributed by atoms with van der Waals surface area (Å²) in [4.78, 5) is 37.9. The molecule has 3 rings (SSSR count). The van der Waals surface area contributed by atoms with Gasteiger partial charge < -0.3 is 10.1 Å². The highest BCUT2D eigenvalue weighted by molar-refractivity contribution is 7.10. The molecule has 1 aliphatic heterocycles. The van der Waals surface area contributed by atoms with E-state index in [1.807, 2.05) is 17.5 Å². The maximum Gasteiger partial charge on any atom is 0.311 e. The third-order valence-corrected chi connectivity index (χ3v) is 4.20. The lowest BCUT2D eigenvalue weighted by atomic mass is 10.2. The Labute approximate surface area is 136 Å². The molecule has 2 aromatic rings. The van der Waals surface area contributed by atoms with Crippen molar-refractivity contribution in [1.82, 2.24) is 0 Å². The van der Waals surface area contributed by atoms with Crippen molar-refractivity contribution in [3.63, 3.8) is 0 Å². The van der Waals surface area contributed by atoms with Gasteiger partial charge in [-0.1, -0.05) is 18.2 Å². The molecule has 7 heteroatoms. The monoisotopic (exact) mass is 330 g/mol. The molecule has 0 spiro atoms. The van der Waals surface area contributed by atoms with Crippen molar-refractivity contribution in [2.75, 3.05) is 23.4 Å². The number of anilines is 2. The lowest BCUT2D eigenvalue weighted by molar-refractivity contribution is -0.147. The van der Waals surface area contributed by atoms with Crippen LogP contribution < -0.4 is 10.2 Å². The van der Waals surface area contributed by atoms with Gasteiger partial charge in [0.15, 0.2) is 6.61 Å². The average molecular weight is 330 g/mol. The van der Waals surface area contributed by atoms with Gasteiger partial charge in [0.1, 0.15) is 6.54 Å². The minimum atomic E-state index is -0.462. The van der Waals surface area contributed by atoms with E-state index in [-0.39, 0.29) is 25.5 Å². The highest BCUT2D eigenvalue weighted by Gasteiger charge is 2.27. The number of carbonyl (C=O) groups is 3. The molecule has 23 heavy (non-hydrogen) atoms. The van der Waals surface area contributed by atoms with E-state index in [2.05, 4.69) is 5.32 Å². The van der Waals surface area contributed by atoms with Gasteiger partial charge >= 0.3 is 5.97 Å². The minimum Gasteiger partial charge on any atom is -0.455 e. The van der Waals surface area contributed by atoms with E-state index < -0.39 is 11.9 Å². The van der Waals surface area contributed by atoms with Gasteiger partial charge in [-0.2, -0.15) is 0 Å². The minimum absolute atomic E-state index is 0.0850. The van der Waals surface area contributed by atoms with E-state index in [4.69, 9.17) is 4.74 Å². The number of amides is 2. The zero-order valence-electron chi connectivity index (χ0n) is 12.2. The van der Waals surface area contributed by atoms with Crippen molar-refractivity contribution in [3.05, 3.63) is 46.7 Å². The molecule has 2 amide bonds. The Balaban J connectivity index is 1.62. The lowest BCUT2D eigenvalue weighted by Crippen LogP contribution is -2.44. The summed E-state index contributed by atoms with van der Waals surface area (Å²) >= 11 is 1.46. The molecule has 0 bridgehead atoms. The second-order valence-corrected chi connectivity index (χ2v) is 5.99. The molecule has 6 nitrogen and oxygen atoms in total. The number of hydrogen-bond acceptors (Lipinski definition) is 5. The summed E-state index contributed by atoms with van der Waals surface area (Å²) in [7, 11) is 0. The van der Waals surface area contributed by atoms with Gasteiger partial charge in [0.05, 0.1) is 17.8 Å². The van der Waals surface area contributed by atoms with Gasteiger partial charge in [0.2, 0.25) is 5.91 Å². The number of ether oxygens (including phenoxy) is 1. The summed E-state index contributed by atoms with van der Waals surface area (Å²) in [6.45, 7) is -0.468. The summed E-state index contributed by atoms with van der Waals surface area (Å²) in [6.07, 6.45) is 0.141. The Bertz CT molecular complexity index is 742. The molecular formula is C16H14N2O4S. The van der Waals surface area contributed by atoms with Crippen LogP contribution in [0.3, 0.4) is 0 Å². The van der Waals surface area contributed by atoms with Crippen LogP contribution in [0.2, 0.25) is 0 Å². The number of rotatable bonds is 4. The van der Waals surface area contributed by atoms with Gasteiger partial charge in [-0.05, 0) is 23.6 Å². The van der Waals surface area contributed by atoms with Crippen molar-refractivity contribution in [3.8, 4) is 0 Å². The van der Waals surface area contributed by atoms with Crippen molar-refractivity contribution in [1.29, 1.82) is 0 Å². The van der Waals surface area contributed by atoms with Crippen LogP contribution >= 0.6 is 11.3 Å². The molecule has 0 fully saturated rings. The largest absolute Gasteiger partial charge is 0.455 e. The first-order chi connectivity index (χ1) is 11.1. The van der Waals surface area contributed by atoms with Crippen molar-refractivity contribution in [2.45, 2.75) is 6.42 Å². The fourth-order valence-corrected chi connectivity index (χ4v) is 2.97. The number of nitrogens with zero attached hydrogens (tertiary/aromatic N) is 1.